The Bertz CT molecular complexity index is 873. The fourth-order valence-electron chi connectivity index (χ4n) is 2.58. The van der Waals surface area contributed by atoms with Gasteiger partial charge in [-0.2, -0.15) is 0 Å². The first kappa shape index (κ1) is 16.9. The minimum absolute atomic E-state index is 0.291. The van der Waals surface area contributed by atoms with E-state index in [0.717, 1.165) is 27.8 Å². The van der Waals surface area contributed by atoms with E-state index in [1.807, 2.05) is 38.1 Å². The van der Waals surface area contributed by atoms with Crippen LogP contribution in [0.15, 0.2) is 48.8 Å². The van der Waals surface area contributed by atoms with E-state index in [2.05, 4.69) is 9.97 Å². The molecule has 0 saturated carbocycles. The maximum absolute atomic E-state index is 12.1. The molecule has 0 N–H and O–H groups in total. The predicted octanol–water partition coefficient (Wildman–Crippen LogP) is 3.87. The highest BCUT2D eigenvalue weighted by molar-refractivity contribution is 5.90. The highest BCUT2D eigenvalue weighted by Crippen LogP contribution is 2.22. The Hall–Kier alpha value is -2.95. The molecule has 25 heavy (non-hydrogen) atoms. The lowest BCUT2D eigenvalue weighted by Crippen LogP contribution is -2.11. The zero-order chi connectivity index (χ0) is 17.6. The van der Waals surface area contributed by atoms with Gasteiger partial charge in [-0.05, 0) is 43.2 Å². The summed E-state index contributed by atoms with van der Waals surface area (Å²) in [6.07, 6.45) is 3.98. The van der Waals surface area contributed by atoms with Crippen LogP contribution in [0.25, 0.3) is 10.9 Å². The van der Waals surface area contributed by atoms with E-state index in [9.17, 15) is 4.79 Å². The predicted molar refractivity (Wildman–Crippen MR) is 95.8 cm³/mol. The van der Waals surface area contributed by atoms with E-state index < -0.39 is 5.97 Å². The van der Waals surface area contributed by atoms with Gasteiger partial charge in [0.2, 0.25) is 0 Å². The number of rotatable bonds is 6. The monoisotopic (exact) mass is 336 g/mol. The number of carbonyl (C=O) groups is 1. The van der Waals surface area contributed by atoms with Crippen LogP contribution in [-0.2, 0) is 4.74 Å². The number of aryl methyl sites for hydroxylation is 2. The maximum Gasteiger partial charge on any atom is 0.356 e. The SMILES string of the molecule is Cc1cccc(C)c1OCCCOC(=O)c1ccc2cnccc2n1. The van der Waals surface area contributed by atoms with Gasteiger partial charge in [-0.1, -0.05) is 18.2 Å². The number of hydrogen-bond acceptors (Lipinski definition) is 5. The Morgan fingerprint density at radius 1 is 1.04 bits per heavy atom. The number of pyridine rings is 2. The molecular weight excluding hydrogens is 316 g/mol. The lowest BCUT2D eigenvalue weighted by Gasteiger charge is -2.12. The molecule has 3 aromatic rings. The summed E-state index contributed by atoms with van der Waals surface area (Å²) in [5.41, 5.74) is 3.23. The van der Waals surface area contributed by atoms with Crippen molar-refractivity contribution in [2.45, 2.75) is 20.3 Å². The molecule has 0 fully saturated rings. The summed E-state index contributed by atoms with van der Waals surface area (Å²) in [5, 5.41) is 0.890. The fraction of sp³-hybridized carbons (Fsp3) is 0.250. The number of benzene rings is 1. The van der Waals surface area contributed by atoms with E-state index in [1.54, 1.807) is 24.5 Å². The molecule has 0 spiro atoms. The first-order chi connectivity index (χ1) is 12.1. The topological polar surface area (TPSA) is 61.3 Å². The van der Waals surface area contributed by atoms with Crippen molar-refractivity contribution < 1.29 is 14.3 Å². The van der Waals surface area contributed by atoms with Gasteiger partial charge < -0.3 is 9.47 Å². The number of hydrogen-bond donors (Lipinski definition) is 0. The first-order valence-corrected chi connectivity index (χ1v) is 8.22. The normalized spacial score (nSPS) is 10.6. The molecule has 3 rings (SSSR count). The third-order valence-corrected chi connectivity index (χ3v) is 3.88. The second kappa shape index (κ2) is 7.75. The Morgan fingerprint density at radius 2 is 1.84 bits per heavy atom. The Kier molecular flexibility index (Phi) is 5.23. The standard InChI is InChI=1S/C20H20N2O3/c1-14-5-3-6-15(2)19(14)24-11-4-12-25-20(23)18-8-7-16-13-21-10-9-17(16)22-18/h3,5-10,13H,4,11-12H2,1-2H3. The number of nitrogens with zero attached hydrogens (tertiary/aromatic N) is 2. The van der Waals surface area contributed by atoms with E-state index in [4.69, 9.17) is 9.47 Å². The third-order valence-electron chi connectivity index (χ3n) is 3.88. The minimum atomic E-state index is -0.425. The Labute approximate surface area is 146 Å². The van der Waals surface area contributed by atoms with Crippen molar-refractivity contribution in [1.29, 1.82) is 0 Å². The summed E-state index contributed by atoms with van der Waals surface area (Å²) in [6.45, 7) is 4.82. The van der Waals surface area contributed by atoms with Crippen molar-refractivity contribution in [2.75, 3.05) is 13.2 Å². The van der Waals surface area contributed by atoms with E-state index in [1.165, 1.54) is 0 Å². The van der Waals surface area contributed by atoms with Crippen molar-refractivity contribution in [1.82, 2.24) is 9.97 Å². The molecule has 5 heteroatoms. The highest BCUT2D eigenvalue weighted by Gasteiger charge is 2.10. The molecule has 0 aliphatic rings. The minimum Gasteiger partial charge on any atom is -0.493 e. The van der Waals surface area contributed by atoms with Crippen molar-refractivity contribution in [2.24, 2.45) is 0 Å². The summed E-state index contributed by atoms with van der Waals surface area (Å²) in [7, 11) is 0. The molecular formula is C20H20N2O3. The van der Waals surface area contributed by atoms with Gasteiger partial charge in [0.05, 0.1) is 18.7 Å². The van der Waals surface area contributed by atoms with Crippen molar-refractivity contribution >= 4 is 16.9 Å². The number of aromatic nitrogens is 2. The summed E-state index contributed by atoms with van der Waals surface area (Å²) >= 11 is 0. The Balaban J connectivity index is 1.49. The average molecular weight is 336 g/mol. The molecule has 0 amide bonds. The van der Waals surface area contributed by atoms with Crippen LogP contribution < -0.4 is 4.74 Å². The van der Waals surface area contributed by atoms with Crippen LogP contribution in [0.5, 0.6) is 5.75 Å². The van der Waals surface area contributed by atoms with Crippen molar-refractivity contribution in [3.63, 3.8) is 0 Å². The number of esters is 1. The van der Waals surface area contributed by atoms with Crippen molar-refractivity contribution in [3.8, 4) is 5.75 Å². The van der Waals surface area contributed by atoms with E-state index in [-0.39, 0.29) is 0 Å². The van der Waals surface area contributed by atoms with Gasteiger partial charge in [0.15, 0.2) is 0 Å². The van der Waals surface area contributed by atoms with Gasteiger partial charge in [-0.25, -0.2) is 9.78 Å². The van der Waals surface area contributed by atoms with Gasteiger partial charge in [0.25, 0.3) is 0 Å². The molecule has 0 bridgehead atoms. The maximum atomic E-state index is 12.1. The molecule has 0 atom stereocenters. The third kappa shape index (κ3) is 4.12. The van der Waals surface area contributed by atoms with Crippen LogP contribution in [0.3, 0.4) is 0 Å². The number of fused-ring (bicyclic) bond motifs is 1. The van der Waals surface area contributed by atoms with Crippen LogP contribution in [0.4, 0.5) is 0 Å². The molecule has 0 aliphatic carbocycles. The summed E-state index contributed by atoms with van der Waals surface area (Å²) in [4.78, 5) is 20.4. The van der Waals surface area contributed by atoms with Crippen LogP contribution in [-0.4, -0.2) is 29.2 Å². The first-order valence-electron chi connectivity index (χ1n) is 8.22. The molecule has 0 aliphatic heterocycles. The van der Waals surface area contributed by atoms with Crippen LogP contribution in [0.1, 0.15) is 28.0 Å². The average Bonchev–Trinajstić information content (AvgIpc) is 2.63. The number of ether oxygens (including phenoxy) is 2. The Morgan fingerprint density at radius 3 is 2.64 bits per heavy atom. The molecule has 2 aromatic heterocycles. The summed E-state index contributed by atoms with van der Waals surface area (Å²) in [6, 6.07) is 11.3. The molecule has 1 aromatic carbocycles. The smallest absolute Gasteiger partial charge is 0.356 e. The molecule has 0 radical (unpaired) electrons. The zero-order valence-corrected chi connectivity index (χ0v) is 14.4. The number of carbonyl (C=O) groups excluding carboxylic acids is 1. The van der Waals surface area contributed by atoms with Crippen LogP contribution in [0.2, 0.25) is 0 Å². The lowest BCUT2D eigenvalue weighted by atomic mass is 10.1. The zero-order valence-electron chi connectivity index (χ0n) is 14.4. The molecule has 0 saturated heterocycles. The summed E-state index contributed by atoms with van der Waals surface area (Å²) < 4.78 is 11.1. The summed E-state index contributed by atoms with van der Waals surface area (Å²) in [5.74, 6) is 0.476. The van der Waals surface area contributed by atoms with Crippen molar-refractivity contribution in [3.05, 3.63) is 65.6 Å². The van der Waals surface area contributed by atoms with E-state index in [0.29, 0.717) is 25.3 Å². The van der Waals surface area contributed by atoms with Gasteiger partial charge >= 0.3 is 5.97 Å². The van der Waals surface area contributed by atoms with Gasteiger partial charge in [0.1, 0.15) is 11.4 Å². The van der Waals surface area contributed by atoms with Crippen LogP contribution >= 0.6 is 0 Å². The fourth-order valence-corrected chi connectivity index (χ4v) is 2.58. The quantitative estimate of drug-likeness (QED) is 0.505. The van der Waals surface area contributed by atoms with Gasteiger partial charge in [-0.3, -0.25) is 4.98 Å². The molecule has 128 valence electrons. The second-order valence-electron chi connectivity index (χ2n) is 5.82. The van der Waals surface area contributed by atoms with Gasteiger partial charge in [-0.15, -0.1) is 0 Å². The second-order valence-corrected chi connectivity index (χ2v) is 5.82. The lowest BCUT2D eigenvalue weighted by molar-refractivity contribution is 0.0479. The molecule has 2 heterocycles. The number of para-hydroxylation sites is 1. The van der Waals surface area contributed by atoms with E-state index >= 15 is 0 Å². The molecule has 0 unspecified atom stereocenters. The van der Waals surface area contributed by atoms with Crippen LogP contribution in [0, 0.1) is 13.8 Å². The largest absolute Gasteiger partial charge is 0.493 e. The highest BCUT2D eigenvalue weighted by atomic mass is 16.5. The molecule has 5 nitrogen and oxygen atoms in total. The van der Waals surface area contributed by atoms with Gasteiger partial charge in [0, 0.05) is 24.2 Å².